The summed E-state index contributed by atoms with van der Waals surface area (Å²) >= 11 is 0. The molecule has 0 unspecified atom stereocenters. The number of nitrogens with one attached hydrogen (secondary N) is 2. The van der Waals surface area contributed by atoms with Crippen LogP contribution >= 0.6 is 0 Å². The van der Waals surface area contributed by atoms with Crippen LogP contribution in [0.15, 0.2) is 6.07 Å². The van der Waals surface area contributed by atoms with Gasteiger partial charge in [-0.3, -0.25) is 0 Å². The zero-order chi connectivity index (χ0) is 13.2. The quantitative estimate of drug-likeness (QED) is 0.841. The van der Waals surface area contributed by atoms with Gasteiger partial charge in [-0.25, -0.2) is 9.97 Å². The summed E-state index contributed by atoms with van der Waals surface area (Å²) in [6.45, 7) is 7.41. The molecule has 0 saturated heterocycles. The van der Waals surface area contributed by atoms with Crippen molar-refractivity contribution < 1.29 is 0 Å². The summed E-state index contributed by atoms with van der Waals surface area (Å²) in [5.41, 5.74) is -0.0280. The fourth-order valence-corrected chi connectivity index (χ4v) is 1.81. The summed E-state index contributed by atoms with van der Waals surface area (Å²) in [6.07, 6.45) is 4.06. The Hall–Kier alpha value is -1.32. The monoisotopic (exact) mass is 248 g/mol. The Morgan fingerprint density at radius 1 is 1.22 bits per heavy atom. The minimum atomic E-state index is -0.0280. The third-order valence-electron chi connectivity index (χ3n) is 3.21. The van der Waals surface area contributed by atoms with Crippen molar-refractivity contribution >= 4 is 11.6 Å². The zero-order valence-electron chi connectivity index (χ0n) is 11.9. The molecule has 4 nitrogen and oxygen atoms in total. The van der Waals surface area contributed by atoms with E-state index in [1.165, 1.54) is 19.3 Å². The number of hydrogen-bond acceptors (Lipinski definition) is 4. The lowest BCUT2D eigenvalue weighted by atomic mass is 9.96. The summed E-state index contributed by atoms with van der Waals surface area (Å²) in [4.78, 5) is 9.12. The molecule has 0 radical (unpaired) electrons. The average molecular weight is 248 g/mol. The molecule has 1 heterocycles. The first kappa shape index (κ1) is 13.1. The molecular weight excluding hydrogens is 224 g/mol. The molecule has 1 aliphatic rings. The van der Waals surface area contributed by atoms with Gasteiger partial charge in [-0.1, -0.05) is 33.6 Å². The number of hydrogen-bond donors (Lipinski definition) is 2. The van der Waals surface area contributed by atoms with Gasteiger partial charge in [0, 0.05) is 25.1 Å². The maximum absolute atomic E-state index is 4.61. The first-order valence-corrected chi connectivity index (χ1v) is 6.80. The van der Waals surface area contributed by atoms with Gasteiger partial charge in [-0.15, -0.1) is 0 Å². The zero-order valence-corrected chi connectivity index (χ0v) is 11.9. The van der Waals surface area contributed by atoms with Gasteiger partial charge < -0.3 is 10.6 Å². The van der Waals surface area contributed by atoms with Crippen LogP contribution in [0.4, 0.5) is 11.6 Å². The third-order valence-corrected chi connectivity index (χ3v) is 3.21. The highest BCUT2D eigenvalue weighted by Gasteiger charge is 2.21. The molecular formula is C14H24N4. The Balaban J connectivity index is 2.07. The van der Waals surface area contributed by atoms with Gasteiger partial charge in [0.2, 0.25) is 0 Å². The number of anilines is 2. The fourth-order valence-electron chi connectivity index (χ4n) is 1.81. The van der Waals surface area contributed by atoms with Crippen molar-refractivity contribution in [1.82, 2.24) is 9.97 Å². The van der Waals surface area contributed by atoms with Crippen molar-refractivity contribution in [1.29, 1.82) is 0 Å². The highest BCUT2D eigenvalue weighted by atomic mass is 15.1. The minimum Gasteiger partial charge on any atom is -0.373 e. The van der Waals surface area contributed by atoms with Crippen molar-refractivity contribution in [3.63, 3.8) is 0 Å². The molecule has 1 aliphatic carbocycles. The minimum absolute atomic E-state index is 0.0280. The Kier molecular flexibility index (Phi) is 3.73. The standard InChI is InChI=1S/C14H24N4/c1-14(2,3)13-17-11(15-4)9-12(18-13)16-8-7-10-5-6-10/h9-10H,5-8H2,1-4H3,(H2,15,16,17,18). The maximum atomic E-state index is 4.61. The van der Waals surface area contributed by atoms with E-state index in [4.69, 9.17) is 0 Å². The molecule has 1 aromatic heterocycles. The van der Waals surface area contributed by atoms with Gasteiger partial charge in [-0.2, -0.15) is 0 Å². The van der Waals surface area contributed by atoms with Gasteiger partial charge in [0.15, 0.2) is 0 Å². The van der Waals surface area contributed by atoms with E-state index in [9.17, 15) is 0 Å². The van der Waals surface area contributed by atoms with E-state index in [1.807, 2.05) is 13.1 Å². The van der Waals surface area contributed by atoms with Crippen molar-refractivity contribution in [3.8, 4) is 0 Å². The van der Waals surface area contributed by atoms with E-state index in [0.717, 1.165) is 29.9 Å². The average Bonchev–Trinajstić information content (AvgIpc) is 3.11. The van der Waals surface area contributed by atoms with Crippen molar-refractivity contribution in [2.24, 2.45) is 5.92 Å². The molecule has 100 valence electrons. The van der Waals surface area contributed by atoms with Crippen LogP contribution in [-0.4, -0.2) is 23.6 Å². The molecule has 0 bridgehead atoms. The van der Waals surface area contributed by atoms with Crippen LogP contribution in [0.5, 0.6) is 0 Å². The molecule has 0 aliphatic heterocycles. The third kappa shape index (κ3) is 3.59. The summed E-state index contributed by atoms with van der Waals surface area (Å²) in [5, 5.41) is 6.51. The molecule has 0 atom stereocenters. The number of nitrogens with zero attached hydrogens (tertiary/aromatic N) is 2. The van der Waals surface area contributed by atoms with Crippen LogP contribution < -0.4 is 10.6 Å². The van der Waals surface area contributed by atoms with Crippen LogP contribution in [0.25, 0.3) is 0 Å². The summed E-state index contributed by atoms with van der Waals surface area (Å²) in [6, 6.07) is 1.97. The van der Waals surface area contributed by atoms with Crippen LogP contribution in [0.2, 0.25) is 0 Å². The molecule has 18 heavy (non-hydrogen) atoms. The van der Waals surface area contributed by atoms with Gasteiger partial charge in [-0.05, 0) is 12.3 Å². The van der Waals surface area contributed by atoms with Gasteiger partial charge in [0.1, 0.15) is 17.5 Å². The van der Waals surface area contributed by atoms with Gasteiger partial charge >= 0.3 is 0 Å². The summed E-state index contributed by atoms with van der Waals surface area (Å²) < 4.78 is 0. The first-order chi connectivity index (χ1) is 8.49. The van der Waals surface area contributed by atoms with Gasteiger partial charge in [0.05, 0.1) is 0 Å². The van der Waals surface area contributed by atoms with Crippen LogP contribution in [-0.2, 0) is 5.41 Å². The molecule has 4 heteroatoms. The molecule has 1 saturated carbocycles. The number of rotatable bonds is 5. The van der Waals surface area contributed by atoms with Crippen molar-refractivity contribution in [2.75, 3.05) is 24.2 Å². The maximum Gasteiger partial charge on any atom is 0.138 e. The van der Waals surface area contributed by atoms with E-state index in [2.05, 4.69) is 41.4 Å². The second-order valence-electron chi connectivity index (χ2n) is 6.12. The van der Waals surface area contributed by atoms with E-state index < -0.39 is 0 Å². The molecule has 0 aromatic carbocycles. The van der Waals surface area contributed by atoms with Crippen LogP contribution in [0.3, 0.4) is 0 Å². The molecule has 0 spiro atoms. The molecule has 2 N–H and O–H groups in total. The Bertz CT molecular complexity index is 405. The second kappa shape index (κ2) is 5.12. The Morgan fingerprint density at radius 2 is 1.89 bits per heavy atom. The normalized spacial score (nSPS) is 15.6. The van der Waals surface area contributed by atoms with Gasteiger partial charge in [0.25, 0.3) is 0 Å². The first-order valence-electron chi connectivity index (χ1n) is 6.80. The highest BCUT2D eigenvalue weighted by Crippen LogP contribution is 2.32. The smallest absolute Gasteiger partial charge is 0.138 e. The topological polar surface area (TPSA) is 49.8 Å². The highest BCUT2D eigenvalue weighted by molar-refractivity contribution is 5.47. The molecule has 1 aromatic rings. The van der Waals surface area contributed by atoms with E-state index >= 15 is 0 Å². The lowest BCUT2D eigenvalue weighted by Gasteiger charge is -2.18. The molecule has 0 amide bonds. The van der Waals surface area contributed by atoms with E-state index in [-0.39, 0.29) is 5.41 Å². The Labute approximate surface area is 110 Å². The van der Waals surface area contributed by atoms with Crippen molar-refractivity contribution in [2.45, 2.75) is 45.4 Å². The lowest BCUT2D eigenvalue weighted by Crippen LogP contribution is -2.18. The van der Waals surface area contributed by atoms with Crippen LogP contribution in [0, 0.1) is 5.92 Å². The lowest BCUT2D eigenvalue weighted by molar-refractivity contribution is 0.546. The largest absolute Gasteiger partial charge is 0.373 e. The van der Waals surface area contributed by atoms with Crippen LogP contribution in [0.1, 0.15) is 45.9 Å². The van der Waals surface area contributed by atoms with Crippen molar-refractivity contribution in [3.05, 3.63) is 11.9 Å². The second-order valence-corrected chi connectivity index (χ2v) is 6.12. The van der Waals surface area contributed by atoms with E-state index in [1.54, 1.807) is 0 Å². The molecule has 1 fully saturated rings. The predicted octanol–water partition coefficient (Wildman–Crippen LogP) is 3.03. The number of aromatic nitrogens is 2. The fraction of sp³-hybridized carbons (Fsp3) is 0.714. The van der Waals surface area contributed by atoms with E-state index in [0.29, 0.717) is 0 Å². The Morgan fingerprint density at radius 3 is 2.44 bits per heavy atom. The summed E-state index contributed by atoms with van der Waals surface area (Å²) in [5.74, 6) is 3.64. The summed E-state index contributed by atoms with van der Waals surface area (Å²) in [7, 11) is 1.89. The SMILES string of the molecule is CNc1cc(NCCC2CC2)nc(C(C)(C)C)n1. The predicted molar refractivity (Wildman–Crippen MR) is 76.1 cm³/mol. The molecule has 2 rings (SSSR count).